The van der Waals surface area contributed by atoms with Gasteiger partial charge in [-0.2, -0.15) is 4.39 Å². The molecule has 3 heteroatoms. The summed E-state index contributed by atoms with van der Waals surface area (Å²) in [5.74, 6) is 0.526. The van der Waals surface area contributed by atoms with E-state index in [1.165, 1.54) is 25.7 Å². The van der Waals surface area contributed by atoms with Gasteiger partial charge in [0.15, 0.2) is 11.6 Å². The zero-order chi connectivity index (χ0) is 21.3. The molecule has 2 unspecified atom stereocenters. The topological polar surface area (TPSA) is 9.23 Å². The van der Waals surface area contributed by atoms with Crippen LogP contribution in [0.1, 0.15) is 89.5 Å². The molecule has 3 rings (SSSR count). The van der Waals surface area contributed by atoms with E-state index in [0.29, 0.717) is 24.0 Å². The van der Waals surface area contributed by atoms with E-state index in [1.807, 2.05) is 6.92 Å². The molecule has 1 nitrogen and oxygen atoms in total. The minimum atomic E-state index is -0.823. The first kappa shape index (κ1) is 23.0. The van der Waals surface area contributed by atoms with Crippen LogP contribution in [0.4, 0.5) is 8.78 Å². The van der Waals surface area contributed by atoms with Crippen LogP contribution in [-0.2, 0) is 0 Å². The van der Waals surface area contributed by atoms with Gasteiger partial charge in [-0.25, -0.2) is 4.39 Å². The second kappa shape index (κ2) is 11.7. The third kappa shape index (κ3) is 6.18. The lowest BCUT2D eigenvalue weighted by atomic mass is 9.77. The summed E-state index contributed by atoms with van der Waals surface area (Å²) in [6.45, 7) is 4.73. The molecule has 2 aliphatic rings. The third-order valence-corrected chi connectivity index (χ3v) is 6.84. The Labute approximate surface area is 181 Å². The number of unbranched alkanes of at least 4 members (excludes halogenated alkanes) is 1. The lowest BCUT2D eigenvalue weighted by Crippen LogP contribution is -2.14. The number of allylic oxidation sites excluding steroid dienone is 4. The molecule has 0 aliphatic heterocycles. The highest BCUT2D eigenvalue weighted by atomic mass is 19.2. The van der Waals surface area contributed by atoms with Gasteiger partial charge in [-0.1, -0.05) is 57.1 Å². The molecule has 2 aliphatic carbocycles. The van der Waals surface area contributed by atoms with Crippen LogP contribution in [0.25, 0.3) is 0 Å². The van der Waals surface area contributed by atoms with E-state index in [4.69, 9.17) is 4.74 Å². The predicted octanol–water partition coefficient (Wildman–Crippen LogP) is 8.36. The van der Waals surface area contributed by atoms with Crippen LogP contribution in [0, 0.1) is 29.4 Å². The van der Waals surface area contributed by atoms with Gasteiger partial charge in [0.05, 0.1) is 6.61 Å². The molecule has 0 heterocycles. The molecule has 2 atom stereocenters. The van der Waals surface area contributed by atoms with Gasteiger partial charge >= 0.3 is 0 Å². The second-order valence-electron chi connectivity index (χ2n) is 9.15. The van der Waals surface area contributed by atoms with E-state index in [0.717, 1.165) is 44.4 Å². The average molecular weight is 417 g/mol. The minimum Gasteiger partial charge on any atom is -0.490 e. The molecule has 0 N–H and O–H groups in total. The van der Waals surface area contributed by atoms with Crippen molar-refractivity contribution in [3.63, 3.8) is 0 Å². The predicted molar refractivity (Wildman–Crippen MR) is 121 cm³/mol. The lowest BCUT2D eigenvalue weighted by molar-refractivity contribution is 0.286. The van der Waals surface area contributed by atoms with Gasteiger partial charge in [-0.3, -0.25) is 0 Å². The summed E-state index contributed by atoms with van der Waals surface area (Å²) >= 11 is 0. The van der Waals surface area contributed by atoms with Crippen LogP contribution in [0.3, 0.4) is 0 Å². The van der Waals surface area contributed by atoms with Crippen LogP contribution in [0.5, 0.6) is 5.75 Å². The standard InChI is InChI=1S/C27H38F2O/c1-3-5-19-30-25-18-17-24(26(28)27(25)29)23-15-13-22(14-16-23)12-11-21-9-7-20(6-4-2)8-10-21/h7,9,11-12,17-18,20-23H,3-6,8,10,13-16,19H2,1-2H3/b12-11+. The Morgan fingerprint density at radius 3 is 2.37 bits per heavy atom. The lowest BCUT2D eigenvalue weighted by Gasteiger charge is -2.28. The Morgan fingerprint density at radius 2 is 1.70 bits per heavy atom. The molecule has 30 heavy (non-hydrogen) atoms. The van der Waals surface area contributed by atoms with Crippen LogP contribution in [0.2, 0.25) is 0 Å². The van der Waals surface area contributed by atoms with Crippen molar-refractivity contribution in [3.8, 4) is 5.75 Å². The summed E-state index contributed by atoms with van der Waals surface area (Å²) in [5.41, 5.74) is 0.523. The van der Waals surface area contributed by atoms with Crippen molar-refractivity contribution in [1.29, 1.82) is 0 Å². The number of ether oxygens (including phenoxy) is 1. The Kier molecular flexibility index (Phi) is 8.96. The van der Waals surface area contributed by atoms with Crippen molar-refractivity contribution in [2.45, 2.75) is 84.0 Å². The second-order valence-corrected chi connectivity index (χ2v) is 9.15. The van der Waals surface area contributed by atoms with E-state index in [9.17, 15) is 8.78 Å². The Bertz CT molecular complexity index is 716. The molecule has 0 spiro atoms. The zero-order valence-corrected chi connectivity index (χ0v) is 18.7. The summed E-state index contributed by atoms with van der Waals surface area (Å²) in [7, 11) is 0. The summed E-state index contributed by atoms with van der Waals surface area (Å²) in [5, 5.41) is 0. The van der Waals surface area contributed by atoms with Crippen molar-refractivity contribution < 1.29 is 13.5 Å². The highest BCUT2D eigenvalue weighted by Crippen LogP contribution is 2.39. The number of benzene rings is 1. The zero-order valence-electron chi connectivity index (χ0n) is 18.7. The van der Waals surface area contributed by atoms with E-state index < -0.39 is 11.6 Å². The summed E-state index contributed by atoms with van der Waals surface area (Å²) in [4.78, 5) is 0. The quantitative estimate of drug-likeness (QED) is 0.290. The van der Waals surface area contributed by atoms with Gasteiger partial charge in [-0.15, -0.1) is 0 Å². The molecular weight excluding hydrogens is 378 g/mol. The molecule has 0 saturated heterocycles. The van der Waals surface area contributed by atoms with E-state index in [1.54, 1.807) is 12.1 Å². The van der Waals surface area contributed by atoms with Crippen molar-refractivity contribution in [3.05, 3.63) is 53.6 Å². The Balaban J connectivity index is 1.51. The van der Waals surface area contributed by atoms with Gasteiger partial charge in [0.1, 0.15) is 0 Å². The summed E-state index contributed by atoms with van der Waals surface area (Å²) < 4.78 is 34.5. The molecular formula is C27H38F2O. The van der Waals surface area contributed by atoms with Gasteiger partial charge in [-0.05, 0) is 86.7 Å². The van der Waals surface area contributed by atoms with Crippen LogP contribution >= 0.6 is 0 Å². The molecule has 1 saturated carbocycles. The molecule has 1 aromatic rings. The van der Waals surface area contributed by atoms with E-state index >= 15 is 0 Å². The highest BCUT2D eigenvalue weighted by Gasteiger charge is 2.26. The largest absolute Gasteiger partial charge is 0.490 e. The number of hydrogen-bond acceptors (Lipinski definition) is 1. The maximum absolute atomic E-state index is 14.7. The van der Waals surface area contributed by atoms with Gasteiger partial charge in [0.25, 0.3) is 0 Å². The summed E-state index contributed by atoms with van der Waals surface area (Å²) in [6.07, 6.45) is 20.4. The SMILES string of the molecule is CCCCOc1ccc(C2CCC(/C=C/C3C=CC(CCC)CC3)CC2)c(F)c1F. The first-order valence-electron chi connectivity index (χ1n) is 12.1. The van der Waals surface area contributed by atoms with Crippen molar-refractivity contribution in [2.75, 3.05) is 6.61 Å². The summed E-state index contributed by atoms with van der Waals surface area (Å²) in [6, 6.07) is 3.34. The highest BCUT2D eigenvalue weighted by molar-refractivity contribution is 5.33. The van der Waals surface area contributed by atoms with Crippen molar-refractivity contribution in [1.82, 2.24) is 0 Å². The molecule has 0 amide bonds. The first-order valence-corrected chi connectivity index (χ1v) is 12.1. The smallest absolute Gasteiger partial charge is 0.200 e. The molecule has 0 radical (unpaired) electrons. The van der Waals surface area contributed by atoms with Gasteiger partial charge in [0, 0.05) is 0 Å². The molecule has 1 fully saturated rings. The van der Waals surface area contributed by atoms with Crippen LogP contribution in [-0.4, -0.2) is 6.61 Å². The maximum Gasteiger partial charge on any atom is 0.200 e. The molecule has 0 bridgehead atoms. The monoisotopic (exact) mass is 416 g/mol. The Morgan fingerprint density at radius 1 is 0.900 bits per heavy atom. The van der Waals surface area contributed by atoms with Crippen molar-refractivity contribution in [2.24, 2.45) is 17.8 Å². The third-order valence-electron chi connectivity index (χ3n) is 6.84. The van der Waals surface area contributed by atoms with Crippen LogP contribution in [0.15, 0.2) is 36.4 Å². The van der Waals surface area contributed by atoms with E-state index in [2.05, 4.69) is 31.2 Å². The minimum absolute atomic E-state index is 0.0445. The van der Waals surface area contributed by atoms with Gasteiger partial charge in [0.2, 0.25) is 5.82 Å². The maximum atomic E-state index is 14.7. The number of halogens is 2. The number of rotatable bonds is 9. The van der Waals surface area contributed by atoms with Crippen LogP contribution < -0.4 is 4.74 Å². The number of hydrogen-bond donors (Lipinski definition) is 0. The fourth-order valence-electron chi connectivity index (χ4n) is 4.89. The molecule has 0 aromatic heterocycles. The average Bonchev–Trinajstić information content (AvgIpc) is 2.77. The first-order chi connectivity index (χ1) is 14.6. The fraction of sp³-hybridized carbons (Fsp3) is 0.630. The molecule has 1 aromatic carbocycles. The normalized spacial score (nSPS) is 26.9. The van der Waals surface area contributed by atoms with E-state index in [-0.39, 0.29) is 11.7 Å². The van der Waals surface area contributed by atoms with Gasteiger partial charge < -0.3 is 4.74 Å². The Hall–Kier alpha value is -1.64. The molecule has 166 valence electrons. The fourth-order valence-corrected chi connectivity index (χ4v) is 4.89. The van der Waals surface area contributed by atoms with Crippen molar-refractivity contribution >= 4 is 0 Å².